The van der Waals surface area contributed by atoms with Gasteiger partial charge in [-0.25, -0.2) is 0 Å². The largest absolute Gasteiger partial charge is 0.497 e. The van der Waals surface area contributed by atoms with Crippen molar-refractivity contribution < 1.29 is 14.3 Å². The summed E-state index contributed by atoms with van der Waals surface area (Å²) in [4.78, 5) is 12.2. The van der Waals surface area contributed by atoms with Crippen LogP contribution in [0.4, 0.5) is 0 Å². The van der Waals surface area contributed by atoms with E-state index in [4.69, 9.17) is 9.47 Å². The van der Waals surface area contributed by atoms with Crippen LogP contribution in [0, 0.1) is 0 Å². The second-order valence-corrected chi connectivity index (χ2v) is 5.99. The highest BCUT2D eigenvalue weighted by Crippen LogP contribution is 2.30. The number of hydrogen-bond donors (Lipinski definition) is 1. The molecule has 7 heteroatoms. The van der Waals surface area contributed by atoms with Gasteiger partial charge in [-0.2, -0.15) is 0 Å². The summed E-state index contributed by atoms with van der Waals surface area (Å²) in [6, 6.07) is 13.0. The van der Waals surface area contributed by atoms with Crippen LogP contribution in [-0.2, 0) is 13.7 Å². The minimum atomic E-state index is -0.137. The van der Waals surface area contributed by atoms with Gasteiger partial charge in [-0.15, -0.1) is 5.10 Å². The van der Waals surface area contributed by atoms with Crippen molar-refractivity contribution in [1.82, 2.24) is 20.3 Å². The molecule has 0 unspecified atom stereocenters. The minimum Gasteiger partial charge on any atom is -0.497 e. The second-order valence-electron chi connectivity index (χ2n) is 5.99. The highest BCUT2D eigenvalue weighted by atomic mass is 16.5. The van der Waals surface area contributed by atoms with E-state index in [-0.39, 0.29) is 5.91 Å². The summed E-state index contributed by atoms with van der Waals surface area (Å²) in [5, 5.41) is 10.9. The molecule has 140 valence electrons. The first-order chi connectivity index (χ1) is 13.1. The molecule has 1 heterocycles. The molecule has 0 aliphatic carbocycles. The zero-order valence-electron chi connectivity index (χ0n) is 15.6. The molecular formula is C20H22N4O3. The standard InChI is InChI=1S/C20H22N4O3/c1-4-21-20(25)15-8-9-19(17(11-15)18-12-24(2)23-22-18)27-13-14-6-5-7-16(10-14)26-3/h5-12H,4,13H2,1-3H3,(H,21,25). The van der Waals surface area contributed by atoms with Crippen LogP contribution in [0.1, 0.15) is 22.8 Å². The molecule has 0 aliphatic rings. The van der Waals surface area contributed by atoms with Gasteiger partial charge in [0.25, 0.3) is 5.91 Å². The average molecular weight is 366 g/mol. The Morgan fingerprint density at radius 1 is 1.22 bits per heavy atom. The first kappa shape index (κ1) is 18.4. The molecule has 0 saturated carbocycles. The Morgan fingerprint density at radius 3 is 2.78 bits per heavy atom. The number of aromatic nitrogens is 3. The summed E-state index contributed by atoms with van der Waals surface area (Å²) in [7, 11) is 3.42. The Kier molecular flexibility index (Phi) is 5.71. The fourth-order valence-corrected chi connectivity index (χ4v) is 2.65. The lowest BCUT2D eigenvalue weighted by Gasteiger charge is -2.12. The molecule has 0 fully saturated rings. The van der Waals surface area contributed by atoms with Gasteiger partial charge in [0.05, 0.1) is 13.3 Å². The maximum absolute atomic E-state index is 12.2. The molecule has 0 bridgehead atoms. The van der Waals surface area contributed by atoms with E-state index in [1.165, 1.54) is 0 Å². The SMILES string of the molecule is CCNC(=O)c1ccc(OCc2cccc(OC)c2)c(-c2cn(C)nn2)c1. The molecule has 1 N–H and O–H groups in total. The molecule has 3 rings (SSSR count). The van der Waals surface area contributed by atoms with Crippen LogP contribution in [0.3, 0.4) is 0 Å². The molecule has 27 heavy (non-hydrogen) atoms. The van der Waals surface area contributed by atoms with Crippen LogP contribution in [-0.4, -0.2) is 34.6 Å². The van der Waals surface area contributed by atoms with E-state index in [9.17, 15) is 4.79 Å². The normalized spacial score (nSPS) is 10.5. The van der Waals surface area contributed by atoms with Gasteiger partial charge in [0.2, 0.25) is 0 Å². The lowest BCUT2D eigenvalue weighted by atomic mass is 10.1. The van der Waals surface area contributed by atoms with Crippen LogP contribution in [0.15, 0.2) is 48.7 Å². The monoisotopic (exact) mass is 366 g/mol. The molecular weight excluding hydrogens is 344 g/mol. The maximum atomic E-state index is 12.2. The van der Waals surface area contributed by atoms with Crippen LogP contribution in [0.25, 0.3) is 11.3 Å². The van der Waals surface area contributed by atoms with Crippen molar-refractivity contribution in [1.29, 1.82) is 0 Å². The topological polar surface area (TPSA) is 78.3 Å². The highest BCUT2D eigenvalue weighted by Gasteiger charge is 2.14. The maximum Gasteiger partial charge on any atom is 0.251 e. The van der Waals surface area contributed by atoms with Crippen LogP contribution in [0.5, 0.6) is 11.5 Å². The van der Waals surface area contributed by atoms with E-state index in [1.807, 2.05) is 31.2 Å². The van der Waals surface area contributed by atoms with E-state index >= 15 is 0 Å². The average Bonchev–Trinajstić information content (AvgIpc) is 3.12. The van der Waals surface area contributed by atoms with E-state index in [0.29, 0.717) is 30.2 Å². The lowest BCUT2D eigenvalue weighted by molar-refractivity contribution is 0.0956. The Morgan fingerprint density at radius 2 is 2.07 bits per heavy atom. The summed E-state index contributed by atoms with van der Waals surface area (Å²) in [6.45, 7) is 2.81. The van der Waals surface area contributed by atoms with Crippen LogP contribution in [0.2, 0.25) is 0 Å². The number of carbonyl (C=O) groups is 1. The van der Waals surface area contributed by atoms with Crippen molar-refractivity contribution in [2.24, 2.45) is 7.05 Å². The van der Waals surface area contributed by atoms with Crippen molar-refractivity contribution in [3.8, 4) is 22.8 Å². The summed E-state index contributed by atoms with van der Waals surface area (Å²) in [6.07, 6.45) is 1.79. The number of benzene rings is 2. The summed E-state index contributed by atoms with van der Waals surface area (Å²) in [5.41, 5.74) is 2.89. The number of aryl methyl sites for hydroxylation is 1. The van der Waals surface area contributed by atoms with Gasteiger partial charge in [-0.1, -0.05) is 17.3 Å². The summed E-state index contributed by atoms with van der Waals surface area (Å²) >= 11 is 0. The van der Waals surface area contributed by atoms with Crippen LogP contribution < -0.4 is 14.8 Å². The van der Waals surface area contributed by atoms with E-state index in [0.717, 1.165) is 16.9 Å². The molecule has 3 aromatic rings. The predicted molar refractivity (Wildman–Crippen MR) is 102 cm³/mol. The zero-order chi connectivity index (χ0) is 19.2. The highest BCUT2D eigenvalue weighted by molar-refractivity contribution is 5.95. The molecule has 0 radical (unpaired) electrons. The molecule has 0 spiro atoms. The number of ether oxygens (including phenoxy) is 2. The number of rotatable bonds is 7. The predicted octanol–water partition coefficient (Wildman–Crippen LogP) is 2.82. The first-order valence-electron chi connectivity index (χ1n) is 8.65. The number of amides is 1. The number of methoxy groups -OCH3 is 1. The van der Waals surface area contributed by atoms with Gasteiger partial charge in [-0.05, 0) is 42.8 Å². The first-order valence-corrected chi connectivity index (χ1v) is 8.65. The molecule has 2 aromatic carbocycles. The Labute approximate surface area is 157 Å². The van der Waals surface area contributed by atoms with E-state index < -0.39 is 0 Å². The van der Waals surface area contributed by atoms with E-state index in [1.54, 1.807) is 43.2 Å². The second kappa shape index (κ2) is 8.35. The smallest absolute Gasteiger partial charge is 0.251 e. The molecule has 1 aromatic heterocycles. The molecule has 1 amide bonds. The van der Waals surface area contributed by atoms with Crippen LogP contribution >= 0.6 is 0 Å². The van der Waals surface area contributed by atoms with Gasteiger partial charge in [0.15, 0.2) is 0 Å². The van der Waals surface area contributed by atoms with Gasteiger partial charge in [0, 0.05) is 24.7 Å². The molecule has 7 nitrogen and oxygen atoms in total. The van der Waals surface area contributed by atoms with Crippen molar-refractivity contribution >= 4 is 5.91 Å². The minimum absolute atomic E-state index is 0.137. The van der Waals surface area contributed by atoms with E-state index in [2.05, 4.69) is 15.6 Å². The molecule has 0 aliphatic heterocycles. The van der Waals surface area contributed by atoms with Gasteiger partial charge < -0.3 is 14.8 Å². The summed E-state index contributed by atoms with van der Waals surface area (Å²) < 4.78 is 12.9. The third-order valence-electron chi connectivity index (χ3n) is 3.99. The Balaban J connectivity index is 1.89. The number of nitrogens with zero attached hydrogens (tertiary/aromatic N) is 3. The quantitative estimate of drug-likeness (QED) is 0.696. The molecule has 0 atom stereocenters. The van der Waals surface area contributed by atoms with Crippen molar-refractivity contribution in [3.63, 3.8) is 0 Å². The van der Waals surface area contributed by atoms with Crippen molar-refractivity contribution in [2.75, 3.05) is 13.7 Å². The third-order valence-corrected chi connectivity index (χ3v) is 3.99. The fourth-order valence-electron chi connectivity index (χ4n) is 2.65. The Hall–Kier alpha value is -3.35. The third kappa shape index (κ3) is 4.44. The van der Waals surface area contributed by atoms with Gasteiger partial charge >= 0.3 is 0 Å². The molecule has 0 saturated heterocycles. The van der Waals surface area contributed by atoms with Crippen molar-refractivity contribution in [2.45, 2.75) is 13.5 Å². The van der Waals surface area contributed by atoms with Gasteiger partial charge in [0.1, 0.15) is 23.8 Å². The fraction of sp³-hybridized carbons (Fsp3) is 0.250. The lowest BCUT2D eigenvalue weighted by Crippen LogP contribution is -2.22. The Bertz CT molecular complexity index is 936. The van der Waals surface area contributed by atoms with Gasteiger partial charge in [-0.3, -0.25) is 9.48 Å². The zero-order valence-corrected chi connectivity index (χ0v) is 15.6. The summed E-state index contributed by atoms with van der Waals surface area (Å²) in [5.74, 6) is 1.27. The number of carbonyl (C=O) groups excluding carboxylic acids is 1. The van der Waals surface area contributed by atoms with Crippen molar-refractivity contribution in [3.05, 3.63) is 59.8 Å². The number of nitrogens with one attached hydrogen (secondary N) is 1. The number of hydrogen-bond acceptors (Lipinski definition) is 5.